The summed E-state index contributed by atoms with van der Waals surface area (Å²) in [6, 6.07) is 10.1. The van der Waals surface area contributed by atoms with E-state index in [0.29, 0.717) is 11.1 Å². The second kappa shape index (κ2) is 5.17. The molecule has 2 aromatic rings. The molecule has 3 rings (SSSR count). The smallest absolute Gasteiger partial charge is 0.193 e. The summed E-state index contributed by atoms with van der Waals surface area (Å²) in [5.74, 6) is -0.492. The van der Waals surface area contributed by atoms with Gasteiger partial charge in [0.15, 0.2) is 5.78 Å². The standard InChI is InChI=1S/C17H16FNO/c1-11-2-5-15(18)9-16(11)17(20)13-4-3-12-6-7-19-10-14(12)8-13/h2-5,8-9,19H,6-7,10H2,1H3. The van der Waals surface area contributed by atoms with E-state index in [2.05, 4.69) is 5.32 Å². The number of aryl methyl sites for hydroxylation is 1. The lowest BCUT2D eigenvalue weighted by atomic mass is 9.93. The maximum atomic E-state index is 13.3. The van der Waals surface area contributed by atoms with E-state index in [1.165, 1.54) is 17.7 Å². The Hall–Kier alpha value is -2.00. The minimum Gasteiger partial charge on any atom is -0.312 e. The van der Waals surface area contributed by atoms with Gasteiger partial charge in [0.2, 0.25) is 0 Å². The van der Waals surface area contributed by atoms with E-state index in [1.54, 1.807) is 6.07 Å². The Bertz CT molecular complexity index is 679. The number of rotatable bonds is 2. The molecule has 0 fully saturated rings. The van der Waals surface area contributed by atoms with Crippen molar-refractivity contribution in [3.8, 4) is 0 Å². The number of ketones is 1. The SMILES string of the molecule is Cc1ccc(F)cc1C(=O)c1ccc2c(c1)CNCC2. The summed E-state index contributed by atoms with van der Waals surface area (Å²) in [6.07, 6.45) is 0.989. The minimum atomic E-state index is -0.376. The van der Waals surface area contributed by atoms with Gasteiger partial charge >= 0.3 is 0 Å². The molecular formula is C17H16FNO. The number of benzene rings is 2. The Labute approximate surface area is 117 Å². The second-order valence-electron chi connectivity index (χ2n) is 5.20. The molecule has 1 aliphatic rings. The molecule has 0 radical (unpaired) electrons. The highest BCUT2D eigenvalue weighted by molar-refractivity contribution is 6.10. The fourth-order valence-electron chi connectivity index (χ4n) is 2.62. The highest BCUT2D eigenvalue weighted by Crippen LogP contribution is 2.20. The highest BCUT2D eigenvalue weighted by Gasteiger charge is 2.16. The molecule has 0 bridgehead atoms. The highest BCUT2D eigenvalue weighted by atomic mass is 19.1. The van der Waals surface area contributed by atoms with E-state index in [0.717, 1.165) is 30.6 Å². The van der Waals surface area contributed by atoms with Gasteiger partial charge in [0, 0.05) is 17.7 Å². The molecule has 0 aromatic heterocycles. The molecule has 0 aliphatic carbocycles. The van der Waals surface area contributed by atoms with Gasteiger partial charge in [0.25, 0.3) is 0 Å². The molecule has 20 heavy (non-hydrogen) atoms. The lowest BCUT2D eigenvalue weighted by molar-refractivity contribution is 0.103. The molecule has 1 heterocycles. The zero-order valence-electron chi connectivity index (χ0n) is 11.4. The number of hydrogen-bond donors (Lipinski definition) is 1. The molecule has 0 amide bonds. The molecule has 1 N–H and O–H groups in total. The van der Waals surface area contributed by atoms with E-state index >= 15 is 0 Å². The van der Waals surface area contributed by atoms with Gasteiger partial charge in [-0.3, -0.25) is 4.79 Å². The summed E-state index contributed by atoms with van der Waals surface area (Å²) in [4.78, 5) is 12.5. The lowest BCUT2D eigenvalue weighted by Crippen LogP contribution is -2.23. The Morgan fingerprint density at radius 2 is 2.00 bits per heavy atom. The molecule has 0 atom stereocenters. The zero-order valence-corrected chi connectivity index (χ0v) is 11.4. The van der Waals surface area contributed by atoms with Crippen molar-refractivity contribution in [2.24, 2.45) is 0 Å². The normalized spacial score (nSPS) is 13.9. The average molecular weight is 269 g/mol. The molecule has 1 aliphatic heterocycles. The van der Waals surface area contributed by atoms with Crippen LogP contribution in [0.4, 0.5) is 4.39 Å². The average Bonchev–Trinajstić information content (AvgIpc) is 2.48. The molecule has 0 unspecified atom stereocenters. The maximum absolute atomic E-state index is 13.3. The van der Waals surface area contributed by atoms with Crippen LogP contribution in [0.1, 0.15) is 32.6 Å². The van der Waals surface area contributed by atoms with Crippen LogP contribution in [0.5, 0.6) is 0 Å². The number of hydrogen-bond acceptors (Lipinski definition) is 2. The van der Waals surface area contributed by atoms with E-state index < -0.39 is 0 Å². The van der Waals surface area contributed by atoms with Gasteiger partial charge in [-0.15, -0.1) is 0 Å². The van der Waals surface area contributed by atoms with Crippen LogP contribution in [-0.2, 0) is 13.0 Å². The van der Waals surface area contributed by atoms with Gasteiger partial charge in [-0.1, -0.05) is 18.2 Å². The van der Waals surface area contributed by atoms with Crippen LogP contribution in [0.2, 0.25) is 0 Å². The third-order valence-corrected chi connectivity index (χ3v) is 3.80. The number of nitrogens with one attached hydrogen (secondary N) is 1. The predicted molar refractivity (Wildman–Crippen MR) is 76.4 cm³/mol. The van der Waals surface area contributed by atoms with E-state index in [4.69, 9.17) is 0 Å². The molecule has 0 spiro atoms. The first-order valence-corrected chi connectivity index (χ1v) is 6.78. The monoisotopic (exact) mass is 269 g/mol. The Morgan fingerprint density at radius 1 is 1.15 bits per heavy atom. The third kappa shape index (κ3) is 2.37. The van der Waals surface area contributed by atoms with Crippen LogP contribution < -0.4 is 5.32 Å². The largest absolute Gasteiger partial charge is 0.312 e. The second-order valence-corrected chi connectivity index (χ2v) is 5.20. The molecule has 0 saturated heterocycles. The number of carbonyl (C=O) groups excluding carboxylic acids is 1. The van der Waals surface area contributed by atoms with Gasteiger partial charge in [-0.25, -0.2) is 4.39 Å². The van der Waals surface area contributed by atoms with Crippen LogP contribution in [0, 0.1) is 12.7 Å². The molecule has 2 nitrogen and oxygen atoms in total. The van der Waals surface area contributed by atoms with E-state index in [1.807, 2.05) is 25.1 Å². The third-order valence-electron chi connectivity index (χ3n) is 3.80. The predicted octanol–water partition coefficient (Wildman–Crippen LogP) is 3.01. The molecule has 0 saturated carbocycles. The van der Waals surface area contributed by atoms with Crippen molar-refractivity contribution in [3.63, 3.8) is 0 Å². The van der Waals surface area contributed by atoms with Crippen LogP contribution >= 0.6 is 0 Å². The summed E-state index contributed by atoms with van der Waals surface area (Å²) in [5, 5.41) is 3.30. The van der Waals surface area contributed by atoms with Gasteiger partial charge in [-0.2, -0.15) is 0 Å². The van der Waals surface area contributed by atoms with Gasteiger partial charge < -0.3 is 5.32 Å². The number of halogens is 1. The van der Waals surface area contributed by atoms with Crippen molar-refractivity contribution in [1.29, 1.82) is 0 Å². The quantitative estimate of drug-likeness (QED) is 0.849. The first kappa shape index (κ1) is 13.0. The Balaban J connectivity index is 2.00. The first-order chi connectivity index (χ1) is 9.65. The molecule has 102 valence electrons. The van der Waals surface area contributed by atoms with Crippen LogP contribution in [-0.4, -0.2) is 12.3 Å². The molecular weight excluding hydrogens is 253 g/mol. The molecule has 2 aromatic carbocycles. The fraction of sp³-hybridized carbons (Fsp3) is 0.235. The van der Waals surface area contributed by atoms with E-state index in [9.17, 15) is 9.18 Å². The minimum absolute atomic E-state index is 0.115. The van der Waals surface area contributed by atoms with Crippen molar-refractivity contribution >= 4 is 5.78 Å². The van der Waals surface area contributed by atoms with Crippen LogP contribution in [0.3, 0.4) is 0 Å². The first-order valence-electron chi connectivity index (χ1n) is 6.78. The Kier molecular flexibility index (Phi) is 3.36. The van der Waals surface area contributed by atoms with Crippen molar-refractivity contribution < 1.29 is 9.18 Å². The van der Waals surface area contributed by atoms with Crippen molar-refractivity contribution in [2.75, 3.05) is 6.54 Å². The summed E-state index contributed by atoms with van der Waals surface area (Å²) < 4.78 is 13.3. The van der Waals surface area contributed by atoms with Crippen molar-refractivity contribution in [1.82, 2.24) is 5.32 Å². The fourth-order valence-corrected chi connectivity index (χ4v) is 2.62. The maximum Gasteiger partial charge on any atom is 0.193 e. The summed E-state index contributed by atoms with van der Waals surface area (Å²) in [5.41, 5.74) is 4.31. The number of carbonyl (C=O) groups is 1. The Morgan fingerprint density at radius 3 is 2.85 bits per heavy atom. The van der Waals surface area contributed by atoms with Crippen LogP contribution in [0.15, 0.2) is 36.4 Å². The summed E-state index contributed by atoms with van der Waals surface area (Å²) in [7, 11) is 0. The molecule has 3 heteroatoms. The number of fused-ring (bicyclic) bond motifs is 1. The van der Waals surface area contributed by atoms with E-state index in [-0.39, 0.29) is 11.6 Å². The lowest BCUT2D eigenvalue weighted by Gasteiger charge is -2.17. The zero-order chi connectivity index (χ0) is 14.1. The van der Waals surface area contributed by atoms with Crippen LogP contribution in [0.25, 0.3) is 0 Å². The van der Waals surface area contributed by atoms with Gasteiger partial charge in [-0.05, 0) is 54.8 Å². The topological polar surface area (TPSA) is 29.1 Å². The summed E-state index contributed by atoms with van der Waals surface area (Å²) >= 11 is 0. The van der Waals surface area contributed by atoms with Gasteiger partial charge in [0.05, 0.1) is 0 Å². The van der Waals surface area contributed by atoms with Crippen molar-refractivity contribution in [3.05, 3.63) is 70.0 Å². The van der Waals surface area contributed by atoms with Crippen molar-refractivity contribution in [2.45, 2.75) is 19.9 Å². The summed E-state index contributed by atoms with van der Waals surface area (Å²) in [6.45, 7) is 3.59. The van der Waals surface area contributed by atoms with Gasteiger partial charge in [0.1, 0.15) is 5.82 Å².